The van der Waals surface area contributed by atoms with E-state index in [2.05, 4.69) is 54.8 Å². The number of rotatable bonds is 39. The highest BCUT2D eigenvalue weighted by Gasteiger charge is 2.27. The molecule has 0 heterocycles. The fourth-order valence-electron chi connectivity index (χ4n) is 5.44. The predicted molar refractivity (Wildman–Crippen MR) is 217 cm³/mol. The summed E-state index contributed by atoms with van der Waals surface area (Å²) in [7, 11) is -4.63. The lowest BCUT2D eigenvalue weighted by Crippen LogP contribution is -2.34. The molecule has 0 fully saturated rings. The van der Waals surface area contributed by atoms with E-state index < -0.39 is 45.1 Å². The number of carbonyl (C=O) groups is 2. The first kappa shape index (κ1) is 50.9. The molecule has 10 nitrogen and oxygen atoms in total. The minimum atomic E-state index is -4.63. The molecule has 0 aliphatic carbocycles. The van der Waals surface area contributed by atoms with Gasteiger partial charge in [-0.2, -0.15) is 0 Å². The average Bonchev–Trinajstić information content (AvgIpc) is 3.13. The second kappa shape index (κ2) is 38.2. The molecule has 0 saturated heterocycles. The van der Waals surface area contributed by atoms with Crippen molar-refractivity contribution >= 4 is 19.8 Å². The Balaban J connectivity index is 4.30. The minimum Gasteiger partial charge on any atom is -0.480 e. The van der Waals surface area contributed by atoms with Gasteiger partial charge in [-0.15, -0.1) is 0 Å². The second-order valence-electron chi connectivity index (χ2n) is 13.7. The number of nitrogens with two attached hydrogens (primary N) is 1. The maximum Gasteiger partial charge on any atom is 0.472 e. The lowest BCUT2D eigenvalue weighted by molar-refractivity contribution is -0.154. The lowest BCUT2D eigenvalue weighted by Gasteiger charge is -2.20. The van der Waals surface area contributed by atoms with E-state index in [0.717, 1.165) is 44.9 Å². The molecule has 0 aromatic rings. The summed E-state index contributed by atoms with van der Waals surface area (Å²) >= 11 is 0. The number of aliphatic carboxylic acids is 1. The van der Waals surface area contributed by atoms with Crippen LogP contribution in [0.5, 0.6) is 0 Å². The maximum absolute atomic E-state index is 12.5. The Morgan fingerprint density at radius 1 is 0.623 bits per heavy atom. The number of ether oxygens (including phenoxy) is 2. The Morgan fingerprint density at radius 3 is 1.53 bits per heavy atom. The van der Waals surface area contributed by atoms with E-state index in [4.69, 9.17) is 24.8 Å². The van der Waals surface area contributed by atoms with Gasteiger partial charge in [0, 0.05) is 13.0 Å². The van der Waals surface area contributed by atoms with Crippen molar-refractivity contribution in [2.75, 3.05) is 26.4 Å². The van der Waals surface area contributed by atoms with Crippen molar-refractivity contribution in [3.8, 4) is 0 Å². The third-order valence-electron chi connectivity index (χ3n) is 8.64. The summed E-state index contributed by atoms with van der Waals surface area (Å²) in [6, 6.07) is -1.48. The van der Waals surface area contributed by atoms with E-state index in [0.29, 0.717) is 13.0 Å². The van der Waals surface area contributed by atoms with Gasteiger partial charge in [0.2, 0.25) is 0 Å². The standard InChI is InChI=1S/C42H76NO9P/c1-3-5-7-9-11-13-15-17-18-19-20-21-23-25-27-29-31-33-35-49-36-39(37-50-53(47,48)51-38-40(43)42(45)46)52-41(44)34-32-30-28-26-24-22-16-14-12-10-8-6-4-2/h6,8,12,14,22,24,28,30,39-40H,3-5,7,9-11,13,15-21,23,25-27,29,31-38,43H2,1-2H3,(H,45,46)(H,47,48)/b8-6-,14-12-,24-22-,30-28-. The SMILES string of the molecule is CC/C=C\C/C=C\C/C=C\C/C=C\CCC(=O)OC(COCCCCCCCCCCCCCCCCCCCC)COP(=O)(O)OCC(N)C(=O)O. The number of carboxylic acids is 1. The van der Waals surface area contributed by atoms with Gasteiger partial charge in [-0.05, 0) is 38.5 Å². The fraction of sp³-hybridized carbons (Fsp3) is 0.762. The molecule has 0 radical (unpaired) electrons. The van der Waals surface area contributed by atoms with Crippen LogP contribution < -0.4 is 5.73 Å². The number of carbonyl (C=O) groups excluding carboxylic acids is 1. The van der Waals surface area contributed by atoms with E-state index in [1.54, 1.807) is 0 Å². The van der Waals surface area contributed by atoms with Crippen molar-refractivity contribution < 1.29 is 42.7 Å². The van der Waals surface area contributed by atoms with Gasteiger partial charge >= 0.3 is 19.8 Å². The first-order chi connectivity index (χ1) is 25.7. The van der Waals surface area contributed by atoms with Crippen LogP contribution in [0, 0.1) is 0 Å². The average molecular weight is 770 g/mol. The Hall–Kier alpha value is -2.07. The van der Waals surface area contributed by atoms with Gasteiger partial charge in [0.15, 0.2) is 0 Å². The molecule has 4 N–H and O–H groups in total. The summed E-state index contributed by atoms with van der Waals surface area (Å²) < 4.78 is 33.2. The van der Waals surface area contributed by atoms with Crippen LogP contribution in [0.2, 0.25) is 0 Å². The van der Waals surface area contributed by atoms with Crippen LogP contribution in [-0.2, 0) is 32.7 Å². The highest BCUT2D eigenvalue weighted by atomic mass is 31.2. The van der Waals surface area contributed by atoms with Crippen molar-refractivity contribution in [1.29, 1.82) is 0 Å². The lowest BCUT2D eigenvalue weighted by atomic mass is 10.0. The number of hydrogen-bond acceptors (Lipinski definition) is 8. The molecule has 0 amide bonds. The van der Waals surface area contributed by atoms with Gasteiger partial charge in [0.05, 0.1) is 19.8 Å². The zero-order valence-electron chi connectivity index (χ0n) is 33.3. The molecule has 3 atom stereocenters. The van der Waals surface area contributed by atoms with Crippen molar-refractivity contribution in [3.63, 3.8) is 0 Å². The van der Waals surface area contributed by atoms with Gasteiger partial charge < -0.3 is 25.2 Å². The molecule has 0 aliphatic heterocycles. The Bertz CT molecular complexity index is 1030. The number of carboxylic acid groups (broad SMARTS) is 1. The Labute approximate surface area is 322 Å². The van der Waals surface area contributed by atoms with Gasteiger partial charge in [-0.3, -0.25) is 18.6 Å². The third kappa shape index (κ3) is 38.0. The van der Waals surface area contributed by atoms with Crippen molar-refractivity contribution in [2.24, 2.45) is 5.73 Å². The Kier molecular flexibility index (Phi) is 36.7. The number of phosphoric ester groups is 1. The molecule has 0 saturated carbocycles. The number of phosphoric acid groups is 1. The van der Waals surface area contributed by atoms with E-state index in [1.807, 2.05) is 12.2 Å². The molecular weight excluding hydrogens is 693 g/mol. The fourth-order valence-corrected chi connectivity index (χ4v) is 6.22. The molecule has 0 spiro atoms. The summed E-state index contributed by atoms with van der Waals surface area (Å²) in [5.41, 5.74) is 5.34. The van der Waals surface area contributed by atoms with Crippen LogP contribution in [0.3, 0.4) is 0 Å². The third-order valence-corrected chi connectivity index (χ3v) is 9.59. The van der Waals surface area contributed by atoms with Crippen LogP contribution in [0.1, 0.15) is 168 Å². The number of allylic oxidation sites excluding steroid dienone is 8. The molecule has 0 bridgehead atoms. The molecule has 0 aromatic heterocycles. The highest BCUT2D eigenvalue weighted by molar-refractivity contribution is 7.47. The molecule has 3 unspecified atom stereocenters. The van der Waals surface area contributed by atoms with Crippen LogP contribution in [0.25, 0.3) is 0 Å². The zero-order valence-corrected chi connectivity index (χ0v) is 34.2. The highest BCUT2D eigenvalue weighted by Crippen LogP contribution is 2.43. The van der Waals surface area contributed by atoms with Crippen molar-refractivity contribution in [1.82, 2.24) is 0 Å². The second-order valence-corrected chi connectivity index (χ2v) is 15.2. The predicted octanol–water partition coefficient (Wildman–Crippen LogP) is 11.1. The topological polar surface area (TPSA) is 155 Å². The zero-order chi connectivity index (χ0) is 39.1. The number of esters is 1. The summed E-state index contributed by atoms with van der Waals surface area (Å²) in [5, 5.41) is 8.88. The molecule has 0 aromatic carbocycles. The summed E-state index contributed by atoms with van der Waals surface area (Å²) in [4.78, 5) is 33.4. The first-order valence-electron chi connectivity index (χ1n) is 20.7. The van der Waals surface area contributed by atoms with Crippen LogP contribution in [0.15, 0.2) is 48.6 Å². The van der Waals surface area contributed by atoms with Crippen molar-refractivity contribution in [3.05, 3.63) is 48.6 Å². The van der Waals surface area contributed by atoms with E-state index >= 15 is 0 Å². The van der Waals surface area contributed by atoms with Gasteiger partial charge in [0.25, 0.3) is 0 Å². The number of hydrogen-bond donors (Lipinski definition) is 3. The minimum absolute atomic E-state index is 0.0106. The molecule has 308 valence electrons. The first-order valence-corrected chi connectivity index (χ1v) is 22.2. The van der Waals surface area contributed by atoms with E-state index in [9.17, 15) is 19.0 Å². The molecular formula is C42H76NO9P. The quantitative estimate of drug-likeness (QED) is 0.0238. The maximum atomic E-state index is 12.5. The molecule has 53 heavy (non-hydrogen) atoms. The monoisotopic (exact) mass is 770 g/mol. The summed E-state index contributed by atoms with van der Waals surface area (Å²) in [6.07, 6.45) is 43.3. The number of unbranched alkanes of at least 4 members (excludes halogenated alkanes) is 17. The smallest absolute Gasteiger partial charge is 0.472 e. The molecule has 11 heteroatoms. The summed E-state index contributed by atoms with van der Waals surface area (Å²) in [6.45, 7) is 3.68. The van der Waals surface area contributed by atoms with Gasteiger partial charge in [-0.25, -0.2) is 4.57 Å². The largest absolute Gasteiger partial charge is 0.480 e. The molecule has 0 aliphatic rings. The molecule has 0 rings (SSSR count). The van der Waals surface area contributed by atoms with Crippen molar-refractivity contribution in [2.45, 2.75) is 180 Å². The normalized spacial score (nSPS) is 14.5. The van der Waals surface area contributed by atoms with Gasteiger partial charge in [0.1, 0.15) is 12.1 Å². The van der Waals surface area contributed by atoms with Crippen LogP contribution in [0.4, 0.5) is 0 Å². The Morgan fingerprint density at radius 2 is 1.06 bits per heavy atom. The van der Waals surface area contributed by atoms with Crippen LogP contribution >= 0.6 is 7.82 Å². The van der Waals surface area contributed by atoms with E-state index in [1.165, 1.54) is 96.3 Å². The van der Waals surface area contributed by atoms with E-state index in [-0.39, 0.29) is 13.0 Å². The van der Waals surface area contributed by atoms with Crippen LogP contribution in [-0.4, -0.2) is 60.5 Å². The summed E-state index contributed by atoms with van der Waals surface area (Å²) in [5.74, 6) is -1.86. The van der Waals surface area contributed by atoms with Gasteiger partial charge in [-0.1, -0.05) is 172 Å².